The molecule has 0 bridgehead atoms. The SMILES string of the molecule is CCn1cccc(C(=O)N/N=C\c2cc(Cl)c(OC)c(Cl)c2)c1=O. The van der Waals surface area contributed by atoms with Crippen LogP contribution in [0.2, 0.25) is 10.0 Å². The molecule has 0 saturated heterocycles. The Morgan fingerprint density at radius 3 is 2.62 bits per heavy atom. The quantitative estimate of drug-likeness (QED) is 0.652. The second kappa shape index (κ2) is 7.99. The van der Waals surface area contributed by atoms with Gasteiger partial charge < -0.3 is 9.30 Å². The maximum atomic E-state index is 12.0. The van der Waals surface area contributed by atoms with Crippen molar-refractivity contribution < 1.29 is 9.53 Å². The van der Waals surface area contributed by atoms with Gasteiger partial charge in [0.2, 0.25) is 0 Å². The van der Waals surface area contributed by atoms with Gasteiger partial charge in [-0.1, -0.05) is 23.2 Å². The summed E-state index contributed by atoms with van der Waals surface area (Å²) in [5.41, 5.74) is 2.53. The van der Waals surface area contributed by atoms with Gasteiger partial charge >= 0.3 is 0 Å². The summed E-state index contributed by atoms with van der Waals surface area (Å²) in [6.45, 7) is 2.30. The number of rotatable bonds is 5. The highest BCUT2D eigenvalue weighted by atomic mass is 35.5. The maximum absolute atomic E-state index is 12.0. The smallest absolute Gasteiger partial charge is 0.276 e. The number of carbonyl (C=O) groups is 1. The minimum Gasteiger partial charge on any atom is -0.494 e. The molecular formula is C16H15Cl2N3O3. The summed E-state index contributed by atoms with van der Waals surface area (Å²) >= 11 is 12.0. The lowest BCUT2D eigenvalue weighted by Crippen LogP contribution is -2.30. The lowest BCUT2D eigenvalue weighted by atomic mass is 10.2. The summed E-state index contributed by atoms with van der Waals surface area (Å²) in [5.74, 6) is -0.228. The van der Waals surface area contributed by atoms with Gasteiger partial charge in [-0.2, -0.15) is 5.10 Å². The molecule has 1 aromatic heterocycles. The fourth-order valence-corrected chi connectivity index (χ4v) is 2.69. The first kappa shape index (κ1) is 18.0. The maximum Gasteiger partial charge on any atom is 0.276 e. The van der Waals surface area contributed by atoms with E-state index in [1.165, 1.54) is 24.0 Å². The number of aromatic nitrogens is 1. The first-order valence-corrected chi connectivity index (χ1v) is 7.79. The molecular weight excluding hydrogens is 353 g/mol. The van der Waals surface area contributed by atoms with Gasteiger partial charge in [-0.3, -0.25) is 9.59 Å². The van der Waals surface area contributed by atoms with Crippen LogP contribution < -0.4 is 15.7 Å². The molecule has 2 rings (SSSR count). The molecule has 0 aliphatic carbocycles. The molecule has 24 heavy (non-hydrogen) atoms. The first-order valence-electron chi connectivity index (χ1n) is 7.03. The lowest BCUT2D eigenvalue weighted by Gasteiger charge is -2.06. The Kier molecular flexibility index (Phi) is 6.00. The minimum atomic E-state index is -0.593. The number of nitrogens with one attached hydrogen (secondary N) is 1. The molecule has 1 heterocycles. The second-order valence-electron chi connectivity index (χ2n) is 4.73. The molecule has 0 aliphatic rings. The van der Waals surface area contributed by atoms with E-state index in [9.17, 15) is 9.59 Å². The Balaban J connectivity index is 2.15. The van der Waals surface area contributed by atoms with E-state index in [0.29, 0.717) is 27.9 Å². The monoisotopic (exact) mass is 367 g/mol. The van der Waals surface area contributed by atoms with E-state index in [4.69, 9.17) is 27.9 Å². The summed E-state index contributed by atoms with van der Waals surface area (Å²) < 4.78 is 6.48. The number of methoxy groups -OCH3 is 1. The van der Waals surface area contributed by atoms with E-state index in [1.54, 1.807) is 24.4 Å². The molecule has 0 radical (unpaired) electrons. The van der Waals surface area contributed by atoms with Crippen molar-refractivity contribution in [2.24, 2.45) is 5.10 Å². The van der Waals surface area contributed by atoms with Crippen LogP contribution in [-0.2, 0) is 6.54 Å². The van der Waals surface area contributed by atoms with Gasteiger partial charge in [-0.25, -0.2) is 5.43 Å². The third-order valence-electron chi connectivity index (χ3n) is 3.21. The number of amides is 1. The van der Waals surface area contributed by atoms with Crippen LogP contribution in [0.3, 0.4) is 0 Å². The van der Waals surface area contributed by atoms with Crippen molar-refractivity contribution in [3.63, 3.8) is 0 Å². The van der Waals surface area contributed by atoms with E-state index in [0.717, 1.165) is 0 Å². The van der Waals surface area contributed by atoms with Crippen molar-refractivity contribution in [1.29, 1.82) is 0 Å². The van der Waals surface area contributed by atoms with Crippen LogP contribution in [0.5, 0.6) is 5.75 Å². The molecule has 6 nitrogen and oxygen atoms in total. The van der Waals surface area contributed by atoms with E-state index in [2.05, 4.69) is 10.5 Å². The Morgan fingerprint density at radius 2 is 2.04 bits per heavy atom. The zero-order chi connectivity index (χ0) is 17.7. The van der Waals surface area contributed by atoms with Crippen molar-refractivity contribution in [3.8, 4) is 5.75 Å². The zero-order valence-electron chi connectivity index (χ0n) is 13.0. The number of aryl methyl sites for hydroxylation is 1. The van der Waals surface area contributed by atoms with Crippen LogP contribution in [0.4, 0.5) is 0 Å². The molecule has 0 spiro atoms. The number of ether oxygens (including phenoxy) is 1. The minimum absolute atomic E-state index is 0.0160. The summed E-state index contributed by atoms with van der Waals surface area (Å²) in [7, 11) is 1.46. The fourth-order valence-electron chi connectivity index (χ4n) is 2.03. The number of pyridine rings is 1. The Bertz CT molecular complexity index is 824. The van der Waals surface area contributed by atoms with Crippen LogP contribution in [0.25, 0.3) is 0 Å². The first-order chi connectivity index (χ1) is 11.5. The van der Waals surface area contributed by atoms with Crippen molar-refractivity contribution in [3.05, 3.63) is 62.0 Å². The van der Waals surface area contributed by atoms with Crippen LogP contribution in [0.1, 0.15) is 22.8 Å². The largest absolute Gasteiger partial charge is 0.494 e. The molecule has 2 aromatic rings. The molecule has 126 valence electrons. The number of hydrogen-bond donors (Lipinski definition) is 1. The molecule has 1 aromatic carbocycles. The average Bonchev–Trinajstić information content (AvgIpc) is 2.54. The van der Waals surface area contributed by atoms with Crippen molar-refractivity contribution in [1.82, 2.24) is 9.99 Å². The second-order valence-corrected chi connectivity index (χ2v) is 5.54. The predicted molar refractivity (Wildman–Crippen MR) is 94.5 cm³/mol. The summed E-state index contributed by atoms with van der Waals surface area (Å²) in [5, 5.41) is 4.47. The molecule has 1 N–H and O–H groups in total. The normalized spacial score (nSPS) is 10.8. The predicted octanol–water partition coefficient (Wildman–Crippen LogP) is 2.95. The van der Waals surface area contributed by atoms with Gasteiger partial charge in [0.05, 0.1) is 23.4 Å². The van der Waals surface area contributed by atoms with Gasteiger partial charge in [-0.05, 0) is 36.8 Å². The number of hydrogen-bond acceptors (Lipinski definition) is 4. The zero-order valence-corrected chi connectivity index (χ0v) is 14.6. The number of benzene rings is 1. The Hall–Kier alpha value is -2.31. The number of halogens is 2. The van der Waals surface area contributed by atoms with Crippen LogP contribution >= 0.6 is 23.2 Å². The van der Waals surface area contributed by atoms with E-state index in [1.807, 2.05) is 6.92 Å². The standard InChI is InChI=1S/C16H15Cl2N3O3/c1-3-21-6-4-5-11(16(21)23)15(22)20-19-9-10-7-12(17)14(24-2)13(18)8-10/h4-9H,3H2,1-2H3,(H,20,22)/b19-9-. The molecule has 0 fully saturated rings. The van der Waals surface area contributed by atoms with Gasteiger partial charge in [-0.15, -0.1) is 0 Å². The molecule has 8 heteroatoms. The highest BCUT2D eigenvalue weighted by Crippen LogP contribution is 2.33. The molecule has 1 amide bonds. The average molecular weight is 368 g/mol. The van der Waals surface area contributed by atoms with Crippen molar-refractivity contribution in [2.45, 2.75) is 13.5 Å². The number of hydrazone groups is 1. The third kappa shape index (κ3) is 3.96. The van der Waals surface area contributed by atoms with Crippen molar-refractivity contribution >= 4 is 35.3 Å². The van der Waals surface area contributed by atoms with Gasteiger partial charge in [0.15, 0.2) is 5.75 Å². The van der Waals surface area contributed by atoms with Gasteiger partial charge in [0.1, 0.15) is 5.56 Å². The lowest BCUT2D eigenvalue weighted by molar-refractivity contribution is 0.0953. The van der Waals surface area contributed by atoms with Gasteiger partial charge in [0, 0.05) is 12.7 Å². The van der Waals surface area contributed by atoms with Crippen LogP contribution in [0.15, 0.2) is 40.4 Å². The van der Waals surface area contributed by atoms with Crippen LogP contribution in [0, 0.1) is 0 Å². The highest BCUT2D eigenvalue weighted by molar-refractivity contribution is 6.37. The molecule has 0 atom stereocenters. The Labute approximate surface area is 148 Å². The van der Waals surface area contributed by atoms with Gasteiger partial charge in [0.25, 0.3) is 11.5 Å². The molecule has 0 unspecified atom stereocenters. The van der Waals surface area contributed by atoms with E-state index >= 15 is 0 Å². The fraction of sp³-hybridized carbons (Fsp3) is 0.188. The molecule has 0 saturated carbocycles. The third-order valence-corrected chi connectivity index (χ3v) is 3.77. The summed E-state index contributed by atoms with van der Waals surface area (Å²) in [6.07, 6.45) is 2.99. The van der Waals surface area contributed by atoms with E-state index in [-0.39, 0.29) is 11.1 Å². The highest BCUT2D eigenvalue weighted by Gasteiger charge is 2.11. The topological polar surface area (TPSA) is 72.7 Å². The number of nitrogens with zero attached hydrogens (tertiary/aromatic N) is 2. The Morgan fingerprint density at radius 1 is 1.38 bits per heavy atom. The number of carbonyl (C=O) groups excluding carboxylic acids is 1. The van der Waals surface area contributed by atoms with Crippen LogP contribution in [-0.4, -0.2) is 23.8 Å². The summed E-state index contributed by atoms with van der Waals surface area (Å²) in [6, 6.07) is 6.26. The molecule has 0 aliphatic heterocycles. The van der Waals surface area contributed by atoms with E-state index < -0.39 is 5.91 Å². The summed E-state index contributed by atoms with van der Waals surface area (Å²) in [4.78, 5) is 24.1. The van der Waals surface area contributed by atoms with Crippen molar-refractivity contribution in [2.75, 3.05) is 7.11 Å².